The zero-order chi connectivity index (χ0) is 20.2. The van der Waals surface area contributed by atoms with Gasteiger partial charge in [0.15, 0.2) is 11.5 Å². The number of rotatable bonds is 7. The fourth-order valence-corrected chi connectivity index (χ4v) is 3.67. The van der Waals surface area contributed by atoms with Crippen molar-refractivity contribution < 1.29 is 9.47 Å². The van der Waals surface area contributed by atoms with Crippen LogP contribution in [0.15, 0.2) is 47.8 Å². The molecule has 0 aliphatic heterocycles. The normalized spacial score (nSPS) is 10.9. The number of ether oxygens (including phenoxy) is 2. The summed E-state index contributed by atoms with van der Waals surface area (Å²) in [5.41, 5.74) is 4.00. The first-order valence-electron chi connectivity index (χ1n) is 9.26. The summed E-state index contributed by atoms with van der Waals surface area (Å²) in [5.74, 6) is 2.03. The van der Waals surface area contributed by atoms with Crippen LogP contribution in [-0.2, 0) is 6.54 Å². The molecule has 8 heteroatoms. The smallest absolute Gasteiger partial charge is 0.204 e. The fourth-order valence-electron chi connectivity index (χ4n) is 2.86. The Labute approximate surface area is 172 Å². The summed E-state index contributed by atoms with van der Waals surface area (Å²) >= 11 is 1.57. The summed E-state index contributed by atoms with van der Waals surface area (Å²) in [4.78, 5) is 6.28. The van der Waals surface area contributed by atoms with Gasteiger partial charge < -0.3 is 9.47 Å². The molecule has 0 spiro atoms. The van der Waals surface area contributed by atoms with Gasteiger partial charge in [-0.1, -0.05) is 29.8 Å². The van der Waals surface area contributed by atoms with Gasteiger partial charge in [-0.3, -0.25) is 0 Å². The van der Waals surface area contributed by atoms with Crippen molar-refractivity contribution in [3.63, 3.8) is 0 Å². The van der Waals surface area contributed by atoms with Gasteiger partial charge in [0.2, 0.25) is 5.82 Å². The number of benzene rings is 2. The standard InChI is InChI=1S/C21H21N5O2S/c1-4-28-18-10-9-16(11-19(18)27-3)21-22-17(13-29-21)12-26-24-20(23-25-26)15-7-5-14(2)6-8-15/h5-11,13H,4,12H2,1-3H3. The molecule has 2 aromatic heterocycles. The summed E-state index contributed by atoms with van der Waals surface area (Å²) in [5, 5.41) is 15.7. The number of aromatic nitrogens is 5. The SMILES string of the molecule is CCOc1ccc(-c2nc(Cn3nnc(-c4ccc(C)cc4)n3)cs2)cc1OC. The third-order valence-corrected chi connectivity index (χ3v) is 5.27. The van der Waals surface area contributed by atoms with Gasteiger partial charge in [0.05, 0.1) is 19.4 Å². The second kappa shape index (κ2) is 8.40. The lowest BCUT2D eigenvalue weighted by atomic mass is 10.1. The lowest BCUT2D eigenvalue weighted by Gasteiger charge is -2.09. The molecule has 2 aromatic carbocycles. The Kier molecular flexibility index (Phi) is 5.53. The van der Waals surface area contributed by atoms with Gasteiger partial charge in [-0.25, -0.2) is 4.98 Å². The molecule has 0 bridgehead atoms. The van der Waals surface area contributed by atoms with Crippen LogP contribution in [0, 0.1) is 6.92 Å². The average Bonchev–Trinajstić information content (AvgIpc) is 3.39. The third kappa shape index (κ3) is 4.27. The van der Waals surface area contributed by atoms with Gasteiger partial charge >= 0.3 is 0 Å². The molecule has 148 valence electrons. The van der Waals surface area contributed by atoms with Gasteiger partial charge in [0.1, 0.15) is 11.6 Å². The van der Waals surface area contributed by atoms with Crippen molar-refractivity contribution in [3.05, 3.63) is 59.1 Å². The van der Waals surface area contributed by atoms with E-state index in [0.717, 1.165) is 27.6 Å². The van der Waals surface area contributed by atoms with E-state index in [1.165, 1.54) is 5.56 Å². The van der Waals surface area contributed by atoms with Gasteiger partial charge in [0.25, 0.3) is 0 Å². The Morgan fingerprint density at radius 3 is 2.59 bits per heavy atom. The van der Waals surface area contributed by atoms with Gasteiger partial charge in [-0.15, -0.1) is 21.5 Å². The van der Waals surface area contributed by atoms with Crippen molar-refractivity contribution in [3.8, 4) is 33.5 Å². The number of tetrazole rings is 1. The zero-order valence-electron chi connectivity index (χ0n) is 16.5. The van der Waals surface area contributed by atoms with Crippen molar-refractivity contribution in [2.45, 2.75) is 20.4 Å². The lowest BCUT2D eigenvalue weighted by Crippen LogP contribution is -2.04. The molecule has 0 saturated heterocycles. The second-order valence-corrected chi connectivity index (χ2v) is 7.31. The van der Waals surface area contributed by atoms with Crippen LogP contribution in [0.4, 0.5) is 0 Å². The monoisotopic (exact) mass is 407 g/mol. The van der Waals surface area contributed by atoms with Crippen LogP contribution in [0.3, 0.4) is 0 Å². The van der Waals surface area contributed by atoms with E-state index >= 15 is 0 Å². The summed E-state index contributed by atoms with van der Waals surface area (Å²) in [6.45, 7) is 5.05. The summed E-state index contributed by atoms with van der Waals surface area (Å²) in [7, 11) is 1.64. The molecule has 7 nitrogen and oxygen atoms in total. The molecule has 0 radical (unpaired) electrons. The molecule has 0 aliphatic rings. The molecule has 4 aromatic rings. The van der Waals surface area contributed by atoms with Crippen molar-refractivity contribution in [2.24, 2.45) is 0 Å². The predicted octanol–water partition coefficient (Wildman–Crippen LogP) is 4.23. The number of thiazole rings is 1. The lowest BCUT2D eigenvalue weighted by molar-refractivity contribution is 0.311. The van der Waals surface area contributed by atoms with Gasteiger partial charge in [-0.2, -0.15) is 4.80 Å². The molecule has 0 amide bonds. The molecule has 4 rings (SSSR count). The predicted molar refractivity (Wildman–Crippen MR) is 112 cm³/mol. The topological polar surface area (TPSA) is 75.0 Å². The fraction of sp³-hybridized carbons (Fsp3) is 0.238. The van der Waals surface area contributed by atoms with E-state index in [1.54, 1.807) is 23.2 Å². The summed E-state index contributed by atoms with van der Waals surface area (Å²) in [6, 6.07) is 13.9. The highest BCUT2D eigenvalue weighted by atomic mass is 32.1. The first-order chi connectivity index (χ1) is 14.2. The molecule has 0 unspecified atom stereocenters. The number of hydrogen-bond donors (Lipinski definition) is 0. The van der Waals surface area contributed by atoms with Crippen LogP contribution in [0.5, 0.6) is 11.5 Å². The van der Waals surface area contributed by atoms with E-state index in [1.807, 2.05) is 61.7 Å². The minimum Gasteiger partial charge on any atom is -0.493 e. The quantitative estimate of drug-likeness (QED) is 0.456. The number of aryl methyl sites for hydroxylation is 1. The maximum Gasteiger partial charge on any atom is 0.204 e. The average molecular weight is 407 g/mol. The molecule has 0 aliphatic carbocycles. The van der Waals surface area contributed by atoms with E-state index in [4.69, 9.17) is 14.5 Å². The van der Waals surface area contributed by atoms with Crippen LogP contribution in [0.1, 0.15) is 18.2 Å². The van der Waals surface area contributed by atoms with E-state index in [2.05, 4.69) is 15.4 Å². The number of nitrogens with zero attached hydrogens (tertiary/aromatic N) is 5. The second-order valence-electron chi connectivity index (χ2n) is 6.45. The molecule has 0 fully saturated rings. The Morgan fingerprint density at radius 2 is 1.83 bits per heavy atom. The Morgan fingerprint density at radius 1 is 1.03 bits per heavy atom. The Bertz CT molecular complexity index is 1100. The van der Waals surface area contributed by atoms with Crippen molar-refractivity contribution in [1.29, 1.82) is 0 Å². The Balaban J connectivity index is 1.51. The van der Waals surface area contributed by atoms with Crippen LogP contribution < -0.4 is 9.47 Å². The molecular weight excluding hydrogens is 386 g/mol. The number of hydrogen-bond acceptors (Lipinski definition) is 7. The van der Waals surface area contributed by atoms with E-state index < -0.39 is 0 Å². The molecule has 0 atom stereocenters. The van der Waals surface area contributed by atoms with Crippen molar-refractivity contribution >= 4 is 11.3 Å². The minimum absolute atomic E-state index is 0.462. The third-order valence-electron chi connectivity index (χ3n) is 4.33. The maximum atomic E-state index is 5.58. The van der Waals surface area contributed by atoms with Crippen molar-refractivity contribution in [1.82, 2.24) is 25.2 Å². The molecule has 0 N–H and O–H groups in total. The molecular formula is C21H21N5O2S. The first-order valence-corrected chi connectivity index (χ1v) is 10.1. The summed E-state index contributed by atoms with van der Waals surface area (Å²) in [6.07, 6.45) is 0. The van der Waals surface area contributed by atoms with E-state index in [9.17, 15) is 0 Å². The minimum atomic E-state index is 0.462. The van der Waals surface area contributed by atoms with Crippen LogP contribution in [-0.4, -0.2) is 38.9 Å². The van der Waals surface area contributed by atoms with Crippen LogP contribution >= 0.6 is 11.3 Å². The number of methoxy groups -OCH3 is 1. The molecule has 29 heavy (non-hydrogen) atoms. The highest BCUT2D eigenvalue weighted by Gasteiger charge is 2.12. The Hall–Kier alpha value is -3.26. The summed E-state index contributed by atoms with van der Waals surface area (Å²) < 4.78 is 11.0. The van der Waals surface area contributed by atoms with Crippen LogP contribution in [0.2, 0.25) is 0 Å². The zero-order valence-corrected chi connectivity index (χ0v) is 17.3. The first kappa shape index (κ1) is 19.1. The molecule has 2 heterocycles. The molecule has 0 saturated carbocycles. The van der Waals surface area contributed by atoms with E-state index in [-0.39, 0.29) is 0 Å². The van der Waals surface area contributed by atoms with Gasteiger partial charge in [0, 0.05) is 16.5 Å². The van der Waals surface area contributed by atoms with E-state index in [0.29, 0.717) is 24.7 Å². The highest BCUT2D eigenvalue weighted by Crippen LogP contribution is 2.33. The largest absolute Gasteiger partial charge is 0.493 e. The maximum absolute atomic E-state index is 5.58. The van der Waals surface area contributed by atoms with Crippen molar-refractivity contribution in [2.75, 3.05) is 13.7 Å². The van der Waals surface area contributed by atoms with Gasteiger partial charge in [-0.05, 0) is 37.3 Å². The highest BCUT2D eigenvalue weighted by molar-refractivity contribution is 7.13. The van der Waals surface area contributed by atoms with Crippen LogP contribution in [0.25, 0.3) is 22.0 Å².